The summed E-state index contributed by atoms with van der Waals surface area (Å²) < 4.78 is 5.37. The molecular formula is C37H62O4V. The van der Waals surface area contributed by atoms with Crippen LogP contribution in [0.3, 0.4) is 0 Å². The molecule has 5 heteroatoms. The number of carbonyl (C=O) groups is 1. The summed E-state index contributed by atoms with van der Waals surface area (Å²) in [5.41, 5.74) is 3.89. The molecule has 4 rings (SSSR count). The van der Waals surface area contributed by atoms with E-state index in [0.717, 1.165) is 28.0 Å². The molecule has 1 aliphatic rings. The van der Waals surface area contributed by atoms with Crippen LogP contribution in [0, 0.1) is 20.8 Å². The predicted octanol–water partition coefficient (Wildman–Crippen LogP) is 11.5. The average Bonchev–Trinajstić information content (AvgIpc) is 3.37. The van der Waals surface area contributed by atoms with E-state index in [9.17, 15) is 4.79 Å². The van der Waals surface area contributed by atoms with Gasteiger partial charge in [0.1, 0.15) is 17.4 Å². The Morgan fingerprint density at radius 2 is 1.14 bits per heavy atom. The van der Waals surface area contributed by atoms with Gasteiger partial charge in [0.25, 0.3) is 0 Å². The van der Waals surface area contributed by atoms with Crippen LogP contribution in [-0.2, 0) is 28.1 Å². The molecule has 239 valence electrons. The van der Waals surface area contributed by atoms with Crippen LogP contribution < -0.4 is 4.74 Å². The molecule has 0 fully saturated rings. The van der Waals surface area contributed by atoms with E-state index in [1.54, 1.807) is 26.2 Å². The fourth-order valence-corrected chi connectivity index (χ4v) is 2.85. The molecule has 1 atom stereocenters. The van der Waals surface area contributed by atoms with Crippen LogP contribution in [0.2, 0.25) is 0 Å². The fraction of sp³-hybridized carbons (Fsp3) is 0.432. The Hall–Kier alpha value is -2.82. The molecule has 3 aromatic rings. The Kier molecular flexibility index (Phi) is 53.0. The first kappa shape index (κ1) is 55.2. The number of fused-ring (bicyclic) bond motifs is 1. The number of aromatic hydroxyl groups is 1. The number of benzene rings is 3. The second-order valence-corrected chi connectivity index (χ2v) is 6.54. The maximum atomic E-state index is 12.0. The van der Waals surface area contributed by atoms with Crippen molar-refractivity contribution in [3.63, 3.8) is 0 Å². The van der Waals surface area contributed by atoms with Crippen LogP contribution >= 0.6 is 0 Å². The Bertz CT molecular complexity index is 936. The van der Waals surface area contributed by atoms with Gasteiger partial charge in [-0.05, 0) is 36.6 Å². The van der Waals surface area contributed by atoms with Crippen LogP contribution in [0.25, 0.3) is 0 Å². The van der Waals surface area contributed by atoms with Crippen molar-refractivity contribution in [2.75, 3.05) is 0 Å². The standard InChI is InChI=1S/C15H12O2.C7H8O.C3H5O.4C2H6.C2H5.2CH4.V/c1-10-6-5-9-12-13(15(16)17-14(10)12)11-7-3-2-4-8-11;1-6-4-2-3-5-7(6)8;1-2-3-4;5*1-2;;;/h2-9,13H,1H3;2-5,8H,1H3;2H2,1H3;4*1-2H3;1H2,2H3;2*1H4;/q;;-1;;;;;-1;;;+2. The number of phenols is 1. The zero-order valence-corrected chi connectivity index (χ0v) is 28.4. The number of esters is 1. The van der Waals surface area contributed by atoms with Gasteiger partial charge < -0.3 is 21.6 Å². The minimum Gasteiger partial charge on any atom is -0.542 e. The van der Waals surface area contributed by atoms with E-state index in [0.29, 0.717) is 12.2 Å². The first-order valence-electron chi connectivity index (χ1n) is 14.2. The van der Waals surface area contributed by atoms with Crippen LogP contribution in [-0.4, -0.2) is 17.4 Å². The second-order valence-electron chi connectivity index (χ2n) is 6.54. The summed E-state index contributed by atoms with van der Waals surface area (Å²) >= 11 is 0. The van der Waals surface area contributed by atoms with Crippen molar-refractivity contribution >= 4 is 12.3 Å². The maximum Gasteiger partial charge on any atom is 2.00 e. The van der Waals surface area contributed by atoms with Crippen molar-refractivity contribution in [1.82, 2.24) is 0 Å². The van der Waals surface area contributed by atoms with E-state index in [1.165, 1.54) is 0 Å². The van der Waals surface area contributed by atoms with Crippen LogP contribution in [0.5, 0.6) is 11.5 Å². The molecule has 0 saturated carbocycles. The van der Waals surface area contributed by atoms with Crippen molar-refractivity contribution < 1.29 is 38.0 Å². The first-order valence-corrected chi connectivity index (χ1v) is 14.2. The second kappa shape index (κ2) is 40.3. The molecule has 0 amide bonds. The summed E-state index contributed by atoms with van der Waals surface area (Å²) in [4.78, 5) is 21.0. The van der Waals surface area contributed by atoms with Gasteiger partial charge in [0.05, 0.1) is 0 Å². The molecule has 42 heavy (non-hydrogen) atoms. The maximum absolute atomic E-state index is 12.0. The van der Waals surface area contributed by atoms with E-state index >= 15 is 0 Å². The molecule has 0 spiro atoms. The van der Waals surface area contributed by atoms with Gasteiger partial charge in [0.15, 0.2) is 0 Å². The minimum absolute atomic E-state index is 0. The Morgan fingerprint density at radius 3 is 1.52 bits per heavy atom. The third kappa shape index (κ3) is 21.9. The number of aryl methyl sites for hydroxylation is 2. The van der Waals surface area contributed by atoms with Crippen molar-refractivity contribution in [3.8, 4) is 11.5 Å². The third-order valence-corrected chi connectivity index (χ3v) is 4.38. The molecule has 3 aromatic carbocycles. The summed E-state index contributed by atoms with van der Waals surface area (Å²) in [5, 5.41) is 8.92. The Labute approximate surface area is 273 Å². The summed E-state index contributed by atoms with van der Waals surface area (Å²) in [6, 6.07) is 22.9. The SMILES string of the molecule is C.C.CC.CC.CC.CC.CC[C-]=O.Cc1cccc2c1OC(=O)C2c1ccccc1.Cc1ccccc1O.[CH2-]C.[V+2]. The van der Waals surface area contributed by atoms with Crippen LogP contribution in [0.4, 0.5) is 0 Å². The number of phenolic OH excluding ortho intramolecular Hbond substituents is 1. The Morgan fingerprint density at radius 1 is 0.738 bits per heavy atom. The molecule has 4 nitrogen and oxygen atoms in total. The number of rotatable bonds is 2. The number of hydrogen-bond acceptors (Lipinski definition) is 4. The van der Waals surface area contributed by atoms with Gasteiger partial charge >= 0.3 is 24.5 Å². The number of para-hydroxylation sites is 2. The summed E-state index contributed by atoms with van der Waals surface area (Å²) in [6.07, 6.45) is 2.19. The summed E-state index contributed by atoms with van der Waals surface area (Å²) in [6.45, 7) is 26.6. The van der Waals surface area contributed by atoms with Gasteiger partial charge in [-0.1, -0.05) is 144 Å². The van der Waals surface area contributed by atoms with Gasteiger partial charge in [-0.3, -0.25) is 11.1 Å². The first-order chi connectivity index (χ1) is 19.0. The van der Waals surface area contributed by atoms with Crippen molar-refractivity contribution in [1.29, 1.82) is 0 Å². The Balaban J connectivity index is -0.0000000839. The molecule has 0 aliphatic carbocycles. The molecule has 0 aromatic heterocycles. The van der Waals surface area contributed by atoms with E-state index in [2.05, 4.69) is 6.92 Å². The average molecular weight is 622 g/mol. The number of carbonyl (C=O) groups excluding carboxylic acids is 2. The molecule has 0 saturated heterocycles. The quantitative estimate of drug-likeness (QED) is 0.176. The summed E-state index contributed by atoms with van der Waals surface area (Å²) in [5.74, 6) is 0.644. The monoisotopic (exact) mass is 621 g/mol. The minimum atomic E-state index is -0.272. The largest absolute Gasteiger partial charge is 2.00 e. The number of ether oxygens (including phenoxy) is 1. The summed E-state index contributed by atoms with van der Waals surface area (Å²) in [7, 11) is 0. The zero-order valence-electron chi connectivity index (χ0n) is 27.0. The zero-order chi connectivity index (χ0) is 31.2. The van der Waals surface area contributed by atoms with Gasteiger partial charge in [-0.25, -0.2) is 0 Å². The molecule has 1 unspecified atom stereocenters. The van der Waals surface area contributed by atoms with Gasteiger partial charge in [0, 0.05) is 5.56 Å². The molecular weight excluding hydrogens is 559 g/mol. The van der Waals surface area contributed by atoms with E-state index in [1.807, 2.05) is 136 Å². The smallest absolute Gasteiger partial charge is 0.542 e. The van der Waals surface area contributed by atoms with Crippen molar-refractivity contribution in [3.05, 3.63) is 102 Å². The van der Waals surface area contributed by atoms with Crippen LogP contribution in [0.15, 0.2) is 72.8 Å². The van der Waals surface area contributed by atoms with Gasteiger partial charge in [0.2, 0.25) is 0 Å². The molecule has 1 radical (unpaired) electrons. The van der Waals surface area contributed by atoms with Crippen molar-refractivity contribution in [2.45, 2.75) is 110 Å². The van der Waals surface area contributed by atoms with E-state index in [-0.39, 0.29) is 45.3 Å². The molecule has 0 bridgehead atoms. The van der Waals surface area contributed by atoms with Crippen LogP contribution in [0.1, 0.15) is 119 Å². The normalized spacial score (nSPS) is 10.2. The van der Waals surface area contributed by atoms with Crippen molar-refractivity contribution in [2.24, 2.45) is 0 Å². The fourth-order valence-electron chi connectivity index (χ4n) is 2.85. The van der Waals surface area contributed by atoms with E-state index in [4.69, 9.17) is 14.6 Å². The molecule has 1 heterocycles. The van der Waals surface area contributed by atoms with Gasteiger partial charge in [-0.2, -0.15) is 13.3 Å². The van der Waals surface area contributed by atoms with E-state index < -0.39 is 0 Å². The van der Waals surface area contributed by atoms with Gasteiger partial charge in [-0.15, -0.1) is 0 Å². The molecule has 1 N–H and O–H groups in total. The topological polar surface area (TPSA) is 63.6 Å². The molecule has 1 aliphatic heterocycles. The number of hydrogen-bond donors (Lipinski definition) is 1. The predicted molar refractivity (Wildman–Crippen MR) is 184 cm³/mol. The third-order valence-electron chi connectivity index (χ3n) is 4.38.